The number of nitrogens with zero attached hydrogens (tertiary/aromatic N) is 4. The molecule has 0 N–H and O–H groups in total. The van der Waals surface area contributed by atoms with Crippen LogP contribution < -0.4 is 4.74 Å². The van der Waals surface area contributed by atoms with Crippen LogP contribution in [0, 0.1) is 4.91 Å². The number of benzene rings is 1. The fraction of sp³-hybridized carbons (Fsp3) is 0.263. The lowest BCUT2D eigenvalue weighted by molar-refractivity contribution is -0.758. The highest BCUT2D eigenvalue weighted by molar-refractivity contribution is 7.99. The first-order valence-corrected chi connectivity index (χ1v) is 9.28. The molecular formula is C19H23N4O3S+. The van der Waals surface area contributed by atoms with E-state index in [1.54, 1.807) is 13.2 Å². The van der Waals surface area contributed by atoms with Gasteiger partial charge in [0.15, 0.2) is 18.1 Å². The summed E-state index contributed by atoms with van der Waals surface area (Å²) in [5.41, 5.74) is 1.88. The molecule has 1 aromatic heterocycles. The molecule has 0 radical (unpaired) electrons. The zero-order chi connectivity index (χ0) is 19.8. The summed E-state index contributed by atoms with van der Waals surface area (Å²) in [5, 5.41) is 9.38. The number of aromatic nitrogens is 3. The van der Waals surface area contributed by atoms with Gasteiger partial charge in [0.2, 0.25) is 0 Å². The maximum atomic E-state index is 11.8. The van der Waals surface area contributed by atoms with Gasteiger partial charge < -0.3 is 9.30 Å². The molecule has 0 aliphatic heterocycles. The summed E-state index contributed by atoms with van der Waals surface area (Å²) in [4.78, 5) is 16.9. The van der Waals surface area contributed by atoms with Crippen LogP contribution in [0.25, 0.3) is 11.4 Å². The summed E-state index contributed by atoms with van der Waals surface area (Å²) in [5.74, 6) is 1.93. The molecule has 1 aromatic carbocycles. The van der Waals surface area contributed by atoms with Crippen LogP contribution in [0.2, 0.25) is 0 Å². The van der Waals surface area contributed by atoms with E-state index in [9.17, 15) is 4.91 Å². The predicted molar refractivity (Wildman–Crippen MR) is 106 cm³/mol. The summed E-state index contributed by atoms with van der Waals surface area (Å²) >= 11 is 1.46. The quantitative estimate of drug-likeness (QED) is 0.348. The Hall–Kier alpha value is -2.87. The Morgan fingerprint density at radius 2 is 2.00 bits per heavy atom. The molecule has 0 unspecified atom stereocenters. The molecule has 8 heteroatoms. The van der Waals surface area contributed by atoms with Crippen molar-refractivity contribution in [3.05, 3.63) is 65.8 Å². The van der Waals surface area contributed by atoms with Gasteiger partial charge in [0, 0.05) is 23.9 Å². The number of rotatable bonds is 10. The molecule has 0 spiro atoms. The van der Waals surface area contributed by atoms with Crippen molar-refractivity contribution in [3.8, 4) is 17.1 Å². The SMILES string of the molecule is C=C/C(CSc1nnc(-c2ccccc2OC)n1CC)=C(\C=C)[N+](=O)OC. The smallest absolute Gasteiger partial charge is 0.320 e. The van der Waals surface area contributed by atoms with Gasteiger partial charge in [-0.2, -0.15) is 0 Å². The summed E-state index contributed by atoms with van der Waals surface area (Å²) < 4.78 is 7.44. The molecule has 0 saturated carbocycles. The molecule has 142 valence electrons. The van der Waals surface area contributed by atoms with Gasteiger partial charge in [-0.15, -0.1) is 10.2 Å². The molecule has 2 aromatic rings. The largest absolute Gasteiger partial charge is 0.496 e. The van der Waals surface area contributed by atoms with Gasteiger partial charge in [-0.1, -0.05) is 43.1 Å². The third kappa shape index (κ3) is 4.46. The molecule has 0 aliphatic rings. The van der Waals surface area contributed by atoms with Crippen LogP contribution in [0.4, 0.5) is 0 Å². The molecular weight excluding hydrogens is 364 g/mol. The molecule has 0 fully saturated rings. The number of hydrogen-bond donors (Lipinski definition) is 0. The number of methoxy groups -OCH3 is 1. The van der Waals surface area contributed by atoms with Crippen LogP contribution in [-0.2, 0) is 11.4 Å². The second-order valence-electron chi connectivity index (χ2n) is 5.30. The van der Waals surface area contributed by atoms with Crippen LogP contribution in [0.5, 0.6) is 5.75 Å². The van der Waals surface area contributed by atoms with Crippen LogP contribution >= 0.6 is 11.8 Å². The minimum Gasteiger partial charge on any atom is -0.496 e. The average molecular weight is 387 g/mol. The second kappa shape index (κ2) is 9.72. The number of hydrogen-bond acceptors (Lipinski definition) is 6. The Bertz CT molecular complexity index is 874. The minimum atomic E-state index is 0.313. The Morgan fingerprint density at radius 3 is 2.59 bits per heavy atom. The molecule has 2 rings (SSSR count). The van der Waals surface area contributed by atoms with Crippen molar-refractivity contribution in [1.82, 2.24) is 14.8 Å². The second-order valence-corrected chi connectivity index (χ2v) is 6.24. The molecule has 1 heterocycles. The van der Waals surface area contributed by atoms with Crippen molar-refractivity contribution in [2.24, 2.45) is 0 Å². The fourth-order valence-corrected chi connectivity index (χ4v) is 3.53. The van der Waals surface area contributed by atoms with Gasteiger partial charge >= 0.3 is 5.70 Å². The molecule has 0 atom stereocenters. The van der Waals surface area contributed by atoms with Gasteiger partial charge in [0.05, 0.1) is 17.6 Å². The standard InChI is InChI=1S/C19H23N4O3S/c1-6-14(16(7-2)23(24)26-5)13-27-19-21-20-18(22(19)8-3)15-11-9-10-12-17(15)25-4/h6-7,9-12H,1-2,8,13H2,3-5H3/q+1/b16-14-. The van der Waals surface area contributed by atoms with Crippen molar-refractivity contribution >= 4 is 11.8 Å². The highest BCUT2D eigenvalue weighted by Gasteiger charge is 2.22. The van der Waals surface area contributed by atoms with E-state index in [1.807, 2.05) is 35.8 Å². The van der Waals surface area contributed by atoms with E-state index in [1.165, 1.54) is 24.9 Å². The predicted octanol–water partition coefficient (Wildman–Crippen LogP) is 4.03. The van der Waals surface area contributed by atoms with Crippen LogP contribution in [0.15, 0.2) is 66.0 Å². The van der Waals surface area contributed by atoms with E-state index < -0.39 is 0 Å². The number of para-hydroxylation sites is 1. The lowest BCUT2D eigenvalue weighted by Crippen LogP contribution is -2.08. The Balaban J connectivity index is 2.34. The van der Waals surface area contributed by atoms with E-state index >= 15 is 0 Å². The van der Waals surface area contributed by atoms with Gasteiger partial charge in [-0.05, 0) is 19.1 Å². The van der Waals surface area contributed by atoms with Crippen LogP contribution in [0.3, 0.4) is 0 Å². The maximum Gasteiger partial charge on any atom is 0.320 e. The average Bonchev–Trinajstić information content (AvgIpc) is 3.13. The highest BCUT2D eigenvalue weighted by atomic mass is 32.2. The number of ether oxygens (including phenoxy) is 1. The minimum absolute atomic E-state index is 0.313. The van der Waals surface area contributed by atoms with Crippen molar-refractivity contribution in [1.29, 1.82) is 0 Å². The maximum absolute atomic E-state index is 11.8. The molecule has 0 amide bonds. The molecule has 0 bridgehead atoms. The molecule has 0 saturated heterocycles. The summed E-state index contributed by atoms with van der Waals surface area (Å²) in [6, 6.07) is 7.68. The summed E-state index contributed by atoms with van der Waals surface area (Å²) in [7, 11) is 2.93. The lowest BCUT2D eigenvalue weighted by atomic mass is 10.2. The normalized spacial score (nSPS) is 11.5. The first kappa shape index (κ1) is 20.4. The van der Waals surface area contributed by atoms with Crippen LogP contribution in [-0.4, -0.2) is 39.7 Å². The summed E-state index contributed by atoms with van der Waals surface area (Å²) in [6.45, 7) is 10.2. The van der Waals surface area contributed by atoms with Gasteiger partial charge in [-0.3, -0.25) is 0 Å². The molecule has 27 heavy (non-hydrogen) atoms. The lowest BCUT2D eigenvalue weighted by Gasteiger charge is -2.10. The fourth-order valence-electron chi connectivity index (χ4n) is 2.51. The third-order valence-electron chi connectivity index (χ3n) is 3.87. The first-order valence-electron chi connectivity index (χ1n) is 8.29. The highest BCUT2D eigenvalue weighted by Crippen LogP contribution is 2.31. The van der Waals surface area contributed by atoms with Gasteiger partial charge in [0.1, 0.15) is 5.75 Å². The first-order chi connectivity index (χ1) is 13.1. The van der Waals surface area contributed by atoms with Gasteiger partial charge in [0.25, 0.3) is 4.92 Å². The van der Waals surface area contributed by atoms with Gasteiger partial charge in [-0.25, -0.2) is 4.84 Å². The zero-order valence-corrected chi connectivity index (χ0v) is 16.5. The van der Waals surface area contributed by atoms with E-state index in [4.69, 9.17) is 9.57 Å². The zero-order valence-electron chi connectivity index (χ0n) is 15.7. The van der Waals surface area contributed by atoms with Crippen molar-refractivity contribution in [3.63, 3.8) is 0 Å². The van der Waals surface area contributed by atoms with E-state index in [2.05, 4.69) is 23.4 Å². The Kier molecular flexibility index (Phi) is 7.36. The molecule has 7 nitrogen and oxygen atoms in total. The Morgan fingerprint density at radius 1 is 1.26 bits per heavy atom. The van der Waals surface area contributed by atoms with Crippen molar-refractivity contribution in [2.45, 2.75) is 18.6 Å². The van der Waals surface area contributed by atoms with E-state index in [0.717, 1.165) is 22.3 Å². The van der Waals surface area contributed by atoms with Crippen LogP contribution in [0.1, 0.15) is 6.92 Å². The monoisotopic (exact) mass is 387 g/mol. The molecule has 0 aliphatic carbocycles. The summed E-state index contributed by atoms with van der Waals surface area (Å²) in [6.07, 6.45) is 3.06. The number of thioether (sulfide) groups is 1. The third-order valence-corrected chi connectivity index (χ3v) is 4.88. The topological polar surface area (TPSA) is 69.2 Å². The van der Waals surface area contributed by atoms with E-state index in [-0.39, 0.29) is 0 Å². The number of allylic oxidation sites excluding steroid dienone is 2. The van der Waals surface area contributed by atoms with Crippen molar-refractivity contribution in [2.75, 3.05) is 20.0 Å². The van der Waals surface area contributed by atoms with E-state index in [0.29, 0.717) is 28.5 Å². The Labute approximate surface area is 162 Å². The van der Waals surface area contributed by atoms with Crippen molar-refractivity contribution < 1.29 is 14.5 Å².